The van der Waals surface area contributed by atoms with Gasteiger partial charge in [0.25, 0.3) is 0 Å². The topological polar surface area (TPSA) is 66.5 Å². The highest BCUT2D eigenvalue weighted by molar-refractivity contribution is 5.93. The standard InChI is InChI=1S/C22H17N5/c1-14-2-4-20-18(12-14)22(27-21(26-20)15-6-9-23-10-7-15)25-17-3-5-19-16(13-17)8-11-24-19/h2-13,24H,1H3,(H,25,26,27). The number of aromatic nitrogens is 4. The SMILES string of the molecule is Cc1ccc2nc(-c3ccncc3)nc(Nc3ccc4[nH]ccc4c3)c2c1. The molecule has 0 fully saturated rings. The quantitative estimate of drug-likeness (QED) is 0.467. The van der Waals surface area contributed by atoms with Crippen molar-refractivity contribution in [3.63, 3.8) is 0 Å². The molecule has 0 bridgehead atoms. The summed E-state index contributed by atoms with van der Waals surface area (Å²) in [4.78, 5) is 16.9. The van der Waals surface area contributed by atoms with Gasteiger partial charge in [-0.1, -0.05) is 11.6 Å². The lowest BCUT2D eigenvalue weighted by Gasteiger charge is -2.12. The minimum Gasteiger partial charge on any atom is -0.361 e. The molecule has 0 aliphatic rings. The second-order valence-corrected chi connectivity index (χ2v) is 6.56. The van der Waals surface area contributed by atoms with Gasteiger partial charge in [-0.2, -0.15) is 0 Å². The number of fused-ring (bicyclic) bond motifs is 2. The maximum absolute atomic E-state index is 4.82. The lowest BCUT2D eigenvalue weighted by Crippen LogP contribution is -1.99. The van der Waals surface area contributed by atoms with Crippen molar-refractivity contribution in [3.8, 4) is 11.4 Å². The minimum absolute atomic E-state index is 0.680. The van der Waals surface area contributed by atoms with Gasteiger partial charge in [0.1, 0.15) is 5.82 Å². The number of aryl methyl sites for hydroxylation is 1. The predicted molar refractivity (Wildman–Crippen MR) is 109 cm³/mol. The van der Waals surface area contributed by atoms with E-state index in [1.807, 2.05) is 24.4 Å². The Bertz CT molecular complexity index is 1260. The molecule has 5 heteroatoms. The minimum atomic E-state index is 0.680. The van der Waals surface area contributed by atoms with Gasteiger partial charge in [-0.25, -0.2) is 9.97 Å². The van der Waals surface area contributed by atoms with Crippen molar-refractivity contribution >= 4 is 33.3 Å². The maximum Gasteiger partial charge on any atom is 0.162 e. The molecular formula is C22H17N5. The summed E-state index contributed by atoms with van der Waals surface area (Å²) < 4.78 is 0. The summed E-state index contributed by atoms with van der Waals surface area (Å²) in [7, 11) is 0. The number of hydrogen-bond donors (Lipinski definition) is 2. The molecule has 0 saturated carbocycles. The smallest absolute Gasteiger partial charge is 0.162 e. The van der Waals surface area contributed by atoms with Crippen LogP contribution in [0.15, 0.2) is 73.2 Å². The third-order valence-electron chi connectivity index (χ3n) is 4.61. The fourth-order valence-corrected chi connectivity index (χ4v) is 3.24. The number of anilines is 2. The van der Waals surface area contributed by atoms with Crippen LogP contribution in [0.1, 0.15) is 5.56 Å². The van der Waals surface area contributed by atoms with Crippen LogP contribution in [0.4, 0.5) is 11.5 Å². The number of pyridine rings is 1. The van der Waals surface area contributed by atoms with Crippen molar-refractivity contribution in [2.24, 2.45) is 0 Å². The summed E-state index contributed by atoms with van der Waals surface area (Å²) in [5.74, 6) is 1.48. The van der Waals surface area contributed by atoms with Gasteiger partial charge in [-0.3, -0.25) is 4.98 Å². The first kappa shape index (κ1) is 15.5. The van der Waals surface area contributed by atoms with Crippen LogP contribution in [0.5, 0.6) is 0 Å². The number of hydrogen-bond acceptors (Lipinski definition) is 4. The summed E-state index contributed by atoms with van der Waals surface area (Å²) in [6.45, 7) is 2.08. The van der Waals surface area contributed by atoms with Crippen molar-refractivity contribution in [2.45, 2.75) is 6.92 Å². The Hall–Kier alpha value is -3.73. The first-order valence-electron chi connectivity index (χ1n) is 8.79. The molecular weight excluding hydrogens is 334 g/mol. The summed E-state index contributed by atoms with van der Waals surface area (Å²) in [6, 6.07) is 18.4. The number of benzene rings is 2. The molecule has 0 spiro atoms. The Morgan fingerprint density at radius 3 is 2.67 bits per heavy atom. The van der Waals surface area contributed by atoms with Gasteiger partial charge in [0, 0.05) is 46.1 Å². The van der Waals surface area contributed by atoms with E-state index >= 15 is 0 Å². The molecule has 5 rings (SSSR count). The molecule has 2 N–H and O–H groups in total. The molecule has 0 atom stereocenters. The van der Waals surface area contributed by atoms with Gasteiger partial charge in [0.2, 0.25) is 0 Å². The Morgan fingerprint density at radius 2 is 1.78 bits per heavy atom. The molecule has 3 heterocycles. The van der Waals surface area contributed by atoms with Crippen LogP contribution in [0.3, 0.4) is 0 Å². The summed E-state index contributed by atoms with van der Waals surface area (Å²) in [6.07, 6.45) is 5.45. The second kappa shape index (κ2) is 6.21. The lowest BCUT2D eigenvalue weighted by molar-refractivity contribution is 1.21. The fraction of sp³-hybridized carbons (Fsp3) is 0.0455. The first-order valence-corrected chi connectivity index (χ1v) is 8.79. The summed E-state index contributed by atoms with van der Waals surface area (Å²) in [5.41, 5.74) is 5.13. The van der Waals surface area contributed by atoms with E-state index in [0.717, 1.165) is 38.9 Å². The van der Waals surface area contributed by atoms with E-state index in [2.05, 4.69) is 58.6 Å². The highest BCUT2D eigenvalue weighted by Gasteiger charge is 2.10. The van der Waals surface area contributed by atoms with Crippen molar-refractivity contribution in [2.75, 3.05) is 5.32 Å². The van der Waals surface area contributed by atoms with E-state index in [9.17, 15) is 0 Å². The van der Waals surface area contributed by atoms with E-state index in [1.54, 1.807) is 12.4 Å². The van der Waals surface area contributed by atoms with E-state index in [0.29, 0.717) is 5.82 Å². The van der Waals surface area contributed by atoms with E-state index < -0.39 is 0 Å². The zero-order valence-corrected chi connectivity index (χ0v) is 14.8. The Balaban J connectivity index is 1.67. The van der Waals surface area contributed by atoms with E-state index in [1.165, 1.54) is 5.56 Å². The molecule has 130 valence electrons. The molecule has 5 nitrogen and oxygen atoms in total. The Morgan fingerprint density at radius 1 is 0.889 bits per heavy atom. The molecule has 0 saturated heterocycles. The monoisotopic (exact) mass is 351 g/mol. The second-order valence-electron chi connectivity index (χ2n) is 6.56. The lowest BCUT2D eigenvalue weighted by atomic mass is 10.1. The van der Waals surface area contributed by atoms with Crippen molar-refractivity contribution in [1.29, 1.82) is 0 Å². The molecule has 0 radical (unpaired) electrons. The summed E-state index contributed by atoms with van der Waals surface area (Å²) in [5, 5.41) is 5.64. The molecule has 0 aliphatic carbocycles. The van der Waals surface area contributed by atoms with E-state index in [4.69, 9.17) is 9.97 Å². The highest BCUT2D eigenvalue weighted by Crippen LogP contribution is 2.29. The molecule has 0 amide bonds. The van der Waals surface area contributed by atoms with Crippen molar-refractivity contribution < 1.29 is 0 Å². The fourth-order valence-electron chi connectivity index (χ4n) is 3.24. The first-order chi connectivity index (χ1) is 13.3. The number of aromatic amines is 1. The van der Waals surface area contributed by atoms with Crippen LogP contribution in [-0.2, 0) is 0 Å². The van der Waals surface area contributed by atoms with Gasteiger partial charge < -0.3 is 10.3 Å². The molecule has 2 aromatic carbocycles. The van der Waals surface area contributed by atoms with Crippen LogP contribution >= 0.6 is 0 Å². The largest absolute Gasteiger partial charge is 0.361 e. The average Bonchev–Trinajstić information content (AvgIpc) is 3.17. The normalized spacial score (nSPS) is 11.1. The van der Waals surface area contributed by atoms with Crippen LogP contribution in [0.2, 0.25) is 0 Å². The molecule has 3 aromatic heterocycles. The van der Waals surface area contributed by atoms with Crippen LogP contribution in [-0.4, -0.2) is 19.9 Å². The van der Waals surface area contributed by atoms with Gasteiger partial charge in [-0.15, -0.1) is 0 Å². The molecule has 5 aromatic rings. The molecule has 0 aliphatic heterocycles. The maximum atomic E-state index is 4.82. The van der Waals surface area contributed by atoms with Gasteiger partial charge in [0.15, 0.2) is 5.82 Å². The Kier molecular flexibility index (Phi) is 3.57. The highest BCUT2D eigenvalue weighted by atomic mass is 15.0. The number of rotatable bonds is 3. The van der Waals surface area contributed by atoms with Crippen LogP contribution < -0.4 is 5.32 Å². The third-order valence-corrected chi connectivity index (χ3v) is 4.61. The predicted octanol–water partition coefficient (Wildman–Crippen LogP) is 5.23. The van der Waals surface area contributed by atoms with Crippen LogP contribution in [0.25, 0.3) is 33.2 Å². The number of nitrogens with zero attached hydrogens (tertiary/aromatic N) is 3. The van der Waals surface area contributed by atoms with Crippen LogP contribution in [0, 0.1) is 6.92 Å². The average molecular weight is 351 g/mol. The van der Waals surface area contributed by atoms with Crippen molar-refractivity contribution in [1.82, 2.24) is 19.9 Å². The third kappa shape index (κ3) is 2.89. The van der Waals surface area contributed by atoms with Gasteiger partial charge in [0.05, 0.1) is 5.52 Å². The molecule has 0 unspecified atom stereocenters. The molecule has 27 heavy (non-hydrogen) atoms. The number of H-pyrrole nitrogens is 1. The zero-order chi connectivity index (χ0) is 18.2. The van der Waals surface area contributed by atoms with Gasteiger partial charge in [-0.05, 0) is 55.5 Å². The number of nitrogens with one attached hydrogen (secondary N) is 2. The van der Waals surface area contributed by atoms with E-state index in [-0.39, 0.29) is 0 Å². The van der Waals surface area contributed by atoms with Crippen molar-refractivity contribution in [3.05, 3.63) is 78.8 Å². The van der Waals surface area contributed by atoms with Gasteiger partial charge >= 0.3 is 0 Å². The Labute approximate surface area is 156 Å². The summed E-state index contributed by atoms with van der Waals surface area (Å²) >= 11 is 0. The zero-order valence-electron chi connectivity index (χ0n) is 14.8.